The van der Waals surface area contributed by atoms with Crippen molar-refractivity contribution in [3.05, 3.63) is 0 Å². The molecule has 0 aromatic heterocycles. The van der Waals surface area contributed by atoms with Gasteiger partial charge in [-0.1, -0.05) is 0 Å². The highest BCUT2D eigenvalue weighted by atomic mass is 16.7. The van der Waals surface area contributed by atoms with Gasteiger partial charge in [-0.2, -0.15) is 0 Å². The van der Waals surface area contributed by atoms with E-state index in [1.54, 1.807) is 0 Å². The van der Waals surface area contributed by atoms with Crippen LogP contribution in [0.4, 0.5) is 0 Å². The van der Waals surface area contributed by atoms with Gasteiger partial charge in [-0.25, -0.2) is 0 Å². The molecule has 0 fully saturated rings. The first kappa shape index (κ1) is 10.6. The molecule has 0 N–H and O–H groups in total. The fourth-order valence-electron chi connectivity index (χ4n) is 0.630. The molecule has 0 rings (SSSR count). The molecular weight excluding hydrogens is 148 g/mol. The summed E-state index contributed by atoms with van der Waals surface area (Å²) in [7, 11) is 2.83. The first-order valence-electron chi connectivity index (χ1n) is 3.42. The Morgan fingerprint density at radius 2 is 1.91 bits per heavy atom. The van der Waals surface area contributed by atoms with Gasteiger partial charge < -0.3 is 14.2 Å². The van der Waals surface area contributed by atoms with E-state index in [4.69, 9.17) is 14.2 Å². The lowest BCUT2D eigenvalue weighted by Gasteiger charge is -2.10. The molecule has 0 spiro atoms. The number of rotatable bonds is 6. The van der Waals surface area contributed by atoms with E-state index in [2.05, 4.69) is 0 Å². The summed E-state index contributed by atoms with van der Waals surface area (Å²) in [5.74, 6) is -0.197. The maximum Gasteiger partial charge on any atom is 0.219 e. The molecule has 0 saturated carbocycles. The normalized spacial score (nSPS) is 10.5. The van der Waals surface area contributed by atoms with Crippen LogP contribution in [0, 0.1) is 0 Å². The number of hydrogen-bond acceptors (Lipinski definition) is 4. The largest absolute Gasteiger partial charge is 0.374 e. The Morgan fingerprint density at radius 3 is 2.27 bits per heavy atom. The molecule has 0 aliphatic heterocycles. The second-order valence-corrected chi connectivity index (χ2v) is 1.91. The molecule has 66 valence electrons. The van der Waals surface area contributed by atoms with Crippen molar-refractivity contribution >= 4 is 5.78 Å². The van der Waals surface area contributed by atoms with Crippen molar-refractivity contribution in [3.63, 3.8) is 0 Å². The first-order valence-corrected chi connectivity index (χ1v) is 3.42. The van der Waals surface area contributed by atoms with E-state index >= 15 is 0 Å². The lowest BCUT2D eigenvalue weighted by Crippen LogP contribution is -2.28. The highest BCUT2D eigenvalue weighted by Crippen LogP contribution is 1.93. The van der Waals surface area contributed by atoms with Gasteiger partial charge in [0, 0.05) is 20.8 Å². The summed E-state index contributed by atoms with van der Waals surface area (Å²) < 4.78 is 14.3. The van der Waals surface area contributed by atoms with Crippen LogP contribution in [0.5, 0.6) is 0 Å². The van der Waals surface area contributed by atoms with Crippen LogP contribution in [0.3, 0.4) is 0 Å². The molecule has 0 bridgehead atoms. The fraction of sp³-hybridized carbons (Fsp3) is 0.857. The monoisotopic (exact) mass is 162 g/mol. The second-order valence-electron chi connectivity index (χ2n) is 1.91. The molecule has 0 aliphatic carbocycles. The number of carbonyl (C=O) groups excluding carboxylic acids is 1. The Kier molecular flexibility index (Phi) is 6.02. The Balaban J connectivity index is 3.61. The zero-order chi connectivity index (χ0) is 8.69. The molecule has 0 saturated heterocycles. The van der Waals surface area contributed by atoms with Crippen LogP contribution in [0.1, 0.15) is 6.92 Å². The summed E-state index contributed by atoms with van der Waals surface area (Å²) in [6.45, 7) is 2.39. The smallest absolute Gasteiger partial charge is 0.219 e. The average Bonchev–Trinajstić information content (AvgIpc) is 2.03. The summed E-state index contributed by atoms with van der Waals surface area (Å²) in [5, 5.41) is 0. The molecule has 0 aliphatic rings. The summed E-state index contributed by atoms with van der Waals surface area (Å²) in [4.78, 5) is 11.0. The van der Waals surface area contributed by atoms with E-state index in [1.807, 2.05) is 6.92 Å². The molecule has 0 unspecified atom stereocenters. The van der Waals surface area contributed by atoms with Crippen LogP contribution in [-0.4, -0.2) is 39.5 Å². The summed E-state index contributed by atoms with van der Waals surface area (Å²) in [5.41, 5.74) is 0. The Bertz CT molecular complexity index is 109. The Morgan fingerprint density at radius 1 is 1.36 bits per heavy atom. The first-order chi connectivity index (χ1) is 5.26. The SMILES string of the molecule is CCOCC(=O)C(OC)OC. The molecule has 4 heteroatoms. The molecule has 0 atom stereocenters. The quantitative estimate of drug-likeness (QED) is 0.524. The van der Waals surface area contributed by atoms with Gasteiger partial charge in [-0.05, 0) is 6.92 Å². The maximum atomic E-state index is 11.0. The zero-order valence-corrected chi connectivity index (χ0v) is 7.12. The Hall–Kier alpha value is -0.450. The highest BCUT2D eigenvalue weighted by Gasteiger charge is 2.15. The number of carbonyl (C=O) groups is 1. The van der Waals surface area contributed by atoms with E-state index in [1.165, 1.54) is 14.2 Å². The second kappa shape index (κ2) is 6.27. The van der Waals surface area contributed by atoms with E-state index in [0.717, 1.165) is 0 Å². The minimum absolute atomic E-state index is 0.0445. The van der Waals surface area contributed by atoms with E-state index in [-0.39, 0.29) is 12.4 Å². The van der Waals surface area contributed by atoms with Crippen molar-refractivity contribution in [2.75, 3.05) is 27.4 Å². The number of ketones is 1. The van der Waals surface area contributed by atoms with Crippen molar-refractivity contribution in [2.24, 2.45) is 0 Å². The van der Waals surface area contributed by atoms with Gasteiger partial charge in [0.05, 0.1) is 0 Å². The number of ether oxygens (including phenoxy) is 3. The minimum atomic E-state index is -0.790. The molecule has 0 radical (unpaired) electrons. The van der Waals surface area contributed by atoms with Gasteiger partial charge >= 0.3 is 0 Å². The lowest BCUT2D eigenvalue weighted by atomic mass is 10.4. The van der Waals surface area contributed by atoms with Gasteiger partial charge in [0.1, 0.15) is 6.61 Å². The number of methoxy groups -OCH3 is 2. The van der Waals surface area contributed by atoms with Crippen molar-refractivity contribution in [2.45, 2.75) is 13.2 Å². The highest BCUT2D eigenvalue weighted by molar-refractivity contribution is 5.82. The predicted octanol–water partition coefficient (Wildman–Crippen LogP) is 0.211. The maximum absolute atomic E-state index is 11.0. The summed E-state index contributed by atoms with van der Waals surface area (Å²) >= 11 is 0. The standard InChI is InChI=1S/C7H14O4/c1-4-11-5-6(8)7(9-2)10-3/h7H,4-5H2,1-3H3. The number of Topliss-reactive ketones (excluding diaryl/α,β-unsaturated/α-hetero) is 1. The van der Waals surface area contributed by atoms with Crippen molar-refractivity contribution < 1.29 is 19.0 Å². The van der Waals surface area contributed by atoms with E-state index in [9.17, 15) is 4.79 Å². The van der Waals surface area contributed by atoms with Crippen LogP contribution in [0.25, 0.3) is 0 Å². The third kappa shape index (κ3) is 4.08. The van der Waals surface area contributed by atoms with Gasteiger partial charge in [0.25, 0.3) is 0 Å². The average molecular weight is 162 g/mol. The molecular formula is C7H14O4. The Labute approximate surface area is 66.4 Å². The summed E-state index contributed by atoms with van der Waals surface area (Å²) in [6.07, 6.45) is -0.790. The number of hydrogen-bond donors (Lipinski definition) is 0. The molecule has 0 amide bonds. The zero-order valence-electron chi connectivity index (χ0n) is 7.12. The minimum Gasteiger partial charge on any atom is -0.374 e. The van der Waals surface area contributed by atoms with Crippen molar-refractivity contribution in [1.29, 1.82) is 0 Å². The van der Waals surface area contributed by atoms with Gasteiger partial charge in [0.15, 0.2) is 0 Å². The van der Waals surface area contributed by atoms with Gasteiger partial charge in [0.2, 0.25) is 12.1 Å². The van der Waals surface area contributed by atoms with Crippen LogP contribution in [0.15, 0.2) is 0 Å². The molecule has 0 aromatic rings. The third-order valence-corrected chi connectivity index (χ3v) is 1.14. The van der Waals surface area contributed by atoms with Crippen molar-refractivity contribution in [3.8, 4) is 0 Å². The topological polar surface area (TPSA) is 44.8 Å². The predicted molar refractivity (Wildman–Crippen MR) is 39.3 cm³/mol. The fourth-order valence-corrected chi connectivity index (χ4v) is 0.630. The van der Waals surface area contributed by atoms with Gasteiger partial charge in [-0.3, -0.25) is 4.79 Å². The summed E-state index contributed by atoms with van der Waals surface area (Å²) in [6, 6.07) is 0. The third-order valence-electron chi connectivity index (χ3n) is 1.14. The molecule has 4 nitrogen and oxygen atoms in total. The van der Waals surface area contributed by atoms with Crippen LogP contribution < -0.4 is 0 Å². The molecule has 0 aromatic carbocycles. The molecule has 0 heterocycles. The van der Waals surface area contributed by atoms with Gasteiger partial charge in [-0.15, -0.1) is 0 Å². The van der Waals surface area contributed by atoms with Crippen molar-refractivity contribution in [1.82, 2.24) is 0 Å². The lowest BCUT2D eigenvalue weighted by molar-refractivity contribution is -0.160. The van der Waals surface area contributed by atoms with Crippen LogP contribution in [-0.2, 0) is 19.0 Å². The van der Waals surface area contributed by atoms with E-state index < -0.39 is 6.29 Å². The van der Waals surface area contributed by atoms with Crippen LogP contribution in [0.2, 0.25) is 0 Å². The van der Waals surface area contributed by atoms with E-state index in [0.29, 0.717) is 6.61 Å². The van der Waals surface area contributed by atoms with Crippen LogP contribution >= 0.6 is 0 Å². The molecule has 11 heavy (non-hydrogen) atoms.